The molecular weight excluding hydrogens is 636 g/mol. The number of nitriles is 1. The average Bonchev–Trinajstić information content (AvgIpc) is 3.69. The molecule has 10 heteroatoms. The van der Waals surface area contributed by atoms with Gasteiger partial charge in [-0.05, 0) is 92.7 Å². The first-order valence-electron chi connectivity index (χ1n) is 17.0. The molecule has 2 aliphatic rings. The van der Waals surface area contributed by atoms with E-state index in [9.17, 15) is 5.26 Å². The molecule has 9 nitrogen and oxygen atoms in total. The summed E-state index contributed by atoms with van der Waals surface area (Å²) < 4.78 is 18.9. The molecule has 49 heavy (non-hydrogen) atoms. The van der Waals surface area contributed by atoms with Crippen molar-refractivity contribution in [2.24, 2.45) is 5.73 Å². The Balaban J connectivity index is 1.11. The number of piperidine rings is 1. The average molecular weight is 677 g/mol. The smallest absolute Gasteiger partial charge is 0.298 e. The monoisotopic (exact) mass is 676 g/mol. The summed E-state index contributed by atoms with van der Waals surface area (Å²) in [5, 5.41) is 9.85. The van der Waals surface area contributed by atoms with Crippen LogP contribution >= 0.6 is 11.6 Å². The van der Waals surface area contributed by atoms with Crippen molar-refractivity contribution in [3.05, 3.63) is 99.8 Å². The summed E-state index contributed by atoms with van der Waals surface area (Å²) in [6.07, 6.45) is 7.84. The maximum Gasteiger partial charge on any atom is 0.298 e. The molecule has 5 aromatic rings. The Labute approximate surface area is 292 Å². The van der Waals surface area contributed by atoms with E-state index in [1.54, 1.807) is 18.5 Å². The molecule has 0 spiro atoms. The Bertz CT molecular complexity index is 2000. The van der Waals surface area contributed by atoms with Gasteiger partial charge in [-0.25, -0.2) is 0 Å². The highest BCUT2D eigenvalue weighted by molar-refractivity contribution is 6.32. The molecule has 0 radical (unpaired) electrons. The summed E-state index contributed by atoms with van der Waals surface area (Å²) in [5.74, 6) is 1.27. The molecule has 2 aliphatic heterocycles. The predicted octanol–water partition coefficient (Wildman–Crippen LogP) is 7.79. The molecule has 0 amide bonds. The van der Waals surface area contributed by atoms with Gasteiger partial charge in [-0.2, -0.15) is 10.2 Å². The molecule has 7 rings (SSSR count). The van der Waals surface area contributed by atoms with Crippen LogP contribution in [0.1, 0.15) is 60.4 Å². The predicted molar refractivity (Wildman–Crippen MR) is 192 cm³/mol. The summed E-state index contributed by atoms with van der Waals surface area (Å²) in [4.78, 5) is 13.6. The van der Waals surface area contributed by atoms with Crippen LogP contribution in [0.25, 0.3) is 22.2 Å². The number of anilines is 1. The lowest BCUT2D eigenvalue weighted by atomic mass is 9.96. The lowest BCUT2D eigenvalue weighted by molar-refractivity contribution is 0.214. The second kappa shape index (κ2) is 14.5. The zero-order valence-corrected chi connectivity index (χ0v) is 28.7. The Kier molecular flexibility index (Phi) is 9.72. The second-order valence-corrected chi connectivity index (χ2v) is 13.7. The van der Waals surface area contributed by atoms with Crippen molar-refractivity contribution in [2.75, 3.05) is 24.5 Å². The van der Waals surface area contributed by atoms with Crippen molar-refractivity contribution < 1.29 is 13.9 Å². The highest BCUT2D eigenvalue weighted by Gasteiger charge is 2.30. The number of pyridine rings is 1. The van der Waals surface area contributed by atoms with Crippen LogP contribution in [0.3, 0.4) is 0 Å². The number of fused-ring (bicyclic) bond motifs is 1. The fourth-order valence-corrected chi connectivity index (χ4v) is 7.19. The van der Waals surface area contributed by atoms with Crippen LogP contribution in [-0.2, 0) is 19.8 Å². The first kappa shape index (κ1) is 32.9. The van der Waals surface area contributed by atoms with Crippen LogP contribution in [0.15, 0.2) is 71.4 Å². The largest absolute Gasteiger partial charge is 0.488 e. The van der Waals surface area contributed by atoms with Gasteiger partial charge in [0, 0.05) is 54.8 Å². The van der Waals surface area contributed by atoms with E-state index in [2.05, 4.69) is 59.0 Å². The van der Waals surface area contributed by atoms with Crippen molar-refractivity contribution in [1.82, 2.24) is 14.9 Å². The molecule has 2 fully saturated rings. The minimum atomic E-state index is 0.130. The number of rotatable bonds is 10. The van der Waals surface area contributed by atoms with Gasteiger partial charge in [0.15, 0.2) is 5.58 Å². The third-order valence-electron chi connectivity index (χ3n) is 9.65. The van der Waals surface area contributed by atoms with Crippen LogP contribution in [0.5, 0.6) is 11.5 Å². The van der Waals surface area contributed by atoms with Gasteiger partial charge in [-0.15, -0.1) is 0 Å². The molecule has 0 unspecified atom stereocenters. The number of nitrogens with zero attached hydrogens (tertiary/aromatic N) is 5. The molecular formula is C39H41ClN6O3. The highest BCUT2D eigenvalue weighted by Crippen LogP contribution is 2.37. The molecule has 2 atom stereocenters. The molecule has 0 saturated carbocycles. The Morgan fingerprint density at radius 2 is 1.84 bits per heavy atom. The second-order valence-electron chi connectivity index (χ2n) is 13.3. The van der Waals surface area contributed by atoms with E-state index < -0.39 is 0 Å². The van der Waals surface area contributed by atoms with Crippen LogP contribution < -0.4 is 20.1 Å². The fraction of sp³-hybridized carbons (Fsp3) is 0.359. The maximum absolute atomic E-state index is 9.31. The van der Waals surface area contributed by atoms with Crippen molar-refractivity contribution in [3.63, 3.8) is 0 Å². The number of hydrogen-bond acceptors (Lipinski definition) is 9. The van der Waals surface area contributed by atoms with Gasteiger partial charge >= 0.3 is 0 Å². The minimum absolute atomic E-state index is 0.130. The van der Waals surface area contributed by atoms with Crippen molar-refractivity contribution in [2.45, 2.75) is 71.4 Å². The third kappa shape index (κ3) is 7.37. The lowest BCUT2D eigenvalue weighted by Crippen LogP contribution is -2.29. The summed E-state index contributed by atoms with van der Waals surface area (Å²) in [5.41, 5.74) is 14.4. The number of halogens is 1. The number of aromatic nitrogens is 2. The zero-order valence-electron chi connectivity index (χ0n) is 28.0. The van der Waals surface area contributed by atoms with Gasteiger partial charge in [0.2, 0.25) is 0 Å². The quantitative estimate of drug-likeness (QED) is 0.158. The van der Waals surface area contributed by atoms with Gasteiger partial charge in [-0.3, -0.25) is 9.88 Å². The molecule has 3 aromatic carbocycles. The molecule has 252 valence electrons. The van der Waals surface area contributed by atoms with E-state index in [-0.39, 0.29) is 12.6 Å². The minimum Gasteiger partial charge on any atom is -0.488 e. The van der Waals surface area contributed by atoms with Crippen LogP contribution in [0, 0.1) is 18.3 Å². The third-order valence-corrected chi connectivity index (χ3v) is 9.94. The van der Waals surface area contributed by atoms with Gasteiger partial charge in [0.05, 0.1) is 10.6 Å². The van der Waals surface area contributed by atoms with Crippen molar-refractivity contribution in [3.8, 4) is 28.7 Å². The molecule has 2 aromatic heterocycles. The van der Waals surface area contributed by atoms with Crippen LogP contribution in [0.4, 0.5) is 6.01 Å². The first-order valence-corrected chi connectivity index (χ1v) is 17.4. The van der Waals surface area contributed by atoms with E-state index in [4.69, 9.17) is 36.2 Å². The summed E-state index contributed by atoms with van der Waals surface area (Å²) in [7, 11) is 0. The van der Waals surface area contributed by atoms with Crippen molar-refractivity contribution in [1.29, 1.82) is 5.26 Å². The van der Waals surface area contributed by atoms with E-state index in [1.807, 2.05) is 24.3 Å². The van der Waals surface area contributed by atoms with Crippen molar-refractivity contribution >= 4 is 28.7 Å². The fourth-order valence-electron chi connectivity index (χ4n) is 6.94. The standard InChI is InChI=1S/C39H41ClN6O3/c1-25-13-32(42)22-46(25)39-44-35-16-29(9-10-36(35)49-39)33-8-6-7-30(26(33)2)24-48-38-17-37(47-23-28-14-27(18-41)19-43-20-28)31(15-34(38)40)21-45-11-4-3-5-12-45/h6-10,14-17,19-20,25,32H,3-5,11-13,21-24,42H2,1-2H3/t25-,32+/m1/s1. The number of likely N-dealkylation sites (tertiary alicyclic amines) is 1. The highest BCUT2D eigenvalue weighted by atomic mass is 35.5. The summed E-state index contributed by atoms with van der Waals surface area (Å²) in [6, 6.07) is 21.2. The molecule has 2 saturated heterocycles. The topological polar surface area (TPSA) is 114 Å². The number of benzene rings is 3. The molecule has 0 bridgehead atoms. The Morgan fingerprint density at radius 3 is 2.63 bits per heavy atom. The van der Waals surface area contributed by atoms with E-state index in [1.165, 1.54) is 19.3 Å². The molecule has 0 aliphatic carbocycles. The SMILES string of the molecule is Cc1c(COc2cc(OCc3cncc(C#N)c3)c(CN3CCCCC3)cc2Cl)cccc1-c1ccc2oc(N3C[C@@H](N)C[C@H]3C)nc2c1. The van der Waals surface area contributed by atoms with Crippen LogP contribution in [-0.4, -0.2) is 46.6 Å². The van der Waals surface area contributed by atoms with E-state index in [0.29, 0.717) is 40.7 Å². The normalized spacial score (nSPS) is 18.1. The lowest BCUT2D eigenvalue weighted by Gasteiger charge is -2.27. The Morgan fingerprint density at radius 1 is 1.00 bits per heavy atom. The van der Waals surface area contributed by atoms with Gasteiger partial charge in [-0.1, -0.05) is 42.3 Å². The van der Waals surface area contributed by atoms with Crippen LogP contribution in [0.2, 0.25) is 5.02 Å². The van der Waals surface area contributed by atoms with Gasteiger partial charge in [0.1, 0.15) is 36.3 Å². The summed E-state index contributed by atoms with van der Waals surface area (Å²) >= 11 is 6.86. The molecule has 4 heterocycles. The van der Waals surface area contributed by atoms with Gasteiger partial charge in [0.25, 0.3) is 6.01 Å². The molecule has 2 N–H and O–H groups in total. The summed E-state index contributed by atoms with van der Waals surface area (Å²) in [6.45, 7) is 8.47. The van der Waals surface area contributed by atoms with E-state index >= 15 is 0 Å². The van der Waals surface area contributed by atoms with E-state index in [0.717, 1.165) is 77.1 Å². The number of nitrogens with two attached hydrogens (primary N) is 1. The number of hydrogen-bond donors (Lipinski definition) is 1. The number of oxazole rings is 1. The number of ether oxygens (including phenoxy) is 2. The zero-order chi connectivity index (χ0) is 33.9. The Hall–Kier alpha value is -4.62. The van der Waals surface area contributed by atoms with Gasteiger partial charge < -0.3 is 24.5 Å². The first-order chi connectivity index (χ1) is 23.8. The maximum atomic E-state index is 9.31.